The summed E-state index contributed by atoms with van der Waals surface area (Å²) in [6.07, 6.45) is 4.09. The Morgan fingerprint density at radius 3 is 2.64 bits per heavy atom. The largest absolute Gasteiger partial charge is 0.481 e. The second-order valence-electron chi connectivity index (χ2n) is 3.91. The van der Waals surface area contributed by atoms with Crippen LogP contribution in [0.2, 0.25) is 0 Å². The zero-order valence-corrected chi connectivity index (χ0v) is 8.99. The minimum Gasteiger partial charge on any atom is -0.481 e. The van der Waals surface area contributed by atoms with Crippen molar-refractivity contribution in [2.45, 2.75) is 46.0 Å². The average molecular weight is 197 g/mol. The third kappa shape index (κ3) is 6.47. The molecule has 0 unspecified atom stereocenters. The lowest BCUT2D eigenvalue weighted by molar-refractivity contribution is -0.137. The number of nitrogens with zero attached hydrogens (tertiary/aromatic N) is 1. The predicted molar refractivity (Wildman–Crippen MR) is 54.7 cm³/mol. The maximum atomic E-state index is 10.4. The fourth-order valence-corrected chi connectivity index (χ4v) is 1.55. The molecule has 0 amide bonds. The molecule has 0 aliphatic carbocycles. The smallest absolute Gasteiger partial charge is 0.304 e. The van der Waals surface area contributed by atoms with Crippen LogP contribution in [0.15, 0.2) is 0 Å². The van der Waals surface area contributed by atoms with Gasteiger partial charge in [-0.2, -0.15) is 5.26 Å². The van der Waals surface area contributed by atoms with E-state index in [1.807, 2.05) is 0 Å². The fourth-order valence-electron chi connectivity index (χ4n) is 1.55. The quantitative estimate of drug-likeness (QED) is 0.682. The van der Waals surface area contributed by atoms with Crippen molar-refractivity contribution in [3.05, 3.63) is 0 Å². The van der Waals surface area contributed by atoms with Gasteiger partial charge in [0, 0.05) is 0 Å². The van der Waals surface area contributed by atoms with Crippen LogP contribution in [-0.2, 0) is 4.79 Å². The maximum absolute atomic E-state index is 10.4. The summed E-state index contributed by atoms with van der Waals surface area (Å²) >= 11 is 0. The van der Waals surface area contributed by atoms with E-state index < -0.39 is 5.97 Å². The Kier molecular flexibility index (Phi) is 6.82. The van der Waals surface area contributed by atoms with Crippen LogP contribution < -0.4 is 0 Å². The first-order chi connectivity index (χ1) is 6.60. The van der Waals surface area contributed by atoms with Crippen LogP contribution in [0, 0.1) is 23.2 Å². The molecule has 0 aromatic heterocycles. The third-order valence-corrected chi connectivity index (χ3v) is 2.34. The van der Waals surface area contributed by atoms with E-state index >= 15 is 0 Å². The molecule has 0 radical (unpaired) electrons. The number of hydrogen-bond acceptors (Lipinski definition) is 2. The second kappa shape index (κ2) is 7.37. The van der Waals surface area contributed by atoms with Crippen molar-refractivity contribution >= 4 is 5.97 Å². The number of carboxylic acid groups (broad SMARTS) is 1. The Bertz CT molecular complexity index is 208. The van der Waals surface area contributed by atoms with E-state index in [1.165, 1.54) is 0 Å². The zero-order chi connectivity index (χ0) is 11.0. The second-order valence-corrected chi connectivity index (χ2v) is 3.91. The van der Waals surface area contributed by atoms with Crippen LogP contribution in [-0.4, -0.2) is 11.1 Å². The highest BCUT2D eigenvalue weighted by atomic mass is 16.4. The normalized spacial score (nSPS) is 14.4. The number of carbonyl (C=O) groups is 1. The van der Waals surface area contributed by atoms with Gasteiger partial charge in [0.2, 0.25) is 0 Å². The molecule has 0 aliphatic heterocycles. The van der Waals surface area contributed by atoms with E-state index in [9.17, 15) is 4.79 Å². The highest BCUT2D eigenvalue weighted by Gasteiger charge is 2.15. The van der Waals surface area contributed by atoms with Crippen molar-refractivity contribution in [3.8, 4) is 6.07 Å². The van der Waals surface area contributed by atoms with Gasteiger partial charge in [-0.25, -0.2) is 0 Å². The summed E-state index contributed by atoms with van der Waals surface area (Å²) in [5.74, 6) is -0.738. The first-order valence-electron chi connectivity index (χ1n) is 5.21. The molecule has 0 aromatic rings. The number of aliphatic carboxylic acids is 1. The van der Waals surface area contributed by atoms with Crippen LogP contribution in [0.25, 0.3) is 0 Å². The van der Waals surface area contributed by atoms with E-state index in [4.69, 9.17) is 10.4 Å². The van der Waals surface area contributed by atoms with Gasteiger partial charge in [-0.15, -0.1) is 0 Å². The third-order valence-electron chi connectivity index (χ3n) is 2.34. The molecule has 0 bridgehead atoms. The van der Waals surface area contributed by atoms with Gasteiger partial charge < -0.3 is 5.11 Å². The molecule has 0 heterocycles. The summed E-state index contributed by atoms with van der Waals surface area (Å²) in [5, 5.41) is 17.3. The summed E-state index contributed by atoms with van der Waals surface area (Å²) in [6, 6.07) is 2.06. The topological polar surface area (TPSA) is 61.1 Å². The van der Waals surface area contributed by atoms with Crippen LogP contribution in [0.1, 0.15) is 46.0 Å². The number of carboxylic acids is 1. The minimum atomic E-state index is -0.876. The van der Waals surface area contributed by atoms with Crippen LogP contribution in [0.5, 0.6) is 0 Å². The van der Waals surface area contributed by atoms with Gasteiger partial charge in [0.15, 0.2) is 0 Å². The lowest BCUT2D eigenvalue weighted by Crippen LogP contribution is -2.10. The number of nitriles is 1. The maximum Gasteiger partial charge on any atom is 0.304 e. The Hall–Kier alpha value is -1.04. The van der Waals surface area contributed by atoms with Crippen LogP contribution in [0.4, 0.5) is 0 Å². The van der Waals surface area contributed by atoms with Crippen molar-refractivity contribution in [2.24, 2.45) is 11.8 Å². The minimum absolute atomic E-state index is 0.0209. The van der Waals surface area contributed by atoms with Gasteiger partial charge in [-0.1, -0.05) is 33.1 Å². The monoisotopic (exact) mass is 197 g/mol. The van der Waals surface area contributed by atoms with Gasteiger partial charge in [-0.05, 0) is 12.3 Å². The molecule has 0 aliphatic rings. The summed E-state index contributed by atoms with van der Waals surface area (Å²) in [4.78, 5) is 10.4. The fraction of sp³-hybridized carbons (Fsp3) is 0.818. The van der Waals surface area contributed by atoms with E-state index in [1.54, 1.807) is 0 Å². The molecule has 2 atom stereocenters. The standard InChI is InChI=1S/C11H19NO2/c1-3-4-5-9(2)6-10(8-12)7-11(13)14/h9-10H,3-7H2,1-2H3,(H,13,14)/t9-,10+/m1/s1. The van der Waals surface area contributed by atoms with Gasteiger partial charge in [0.1, 0.15) is 0 Å². The molecule has 0 rings (SSSR count). The van der Waals surface area contributed by atoms with Gasteiger partial charge in [-0.3, -0.25) is 4.79 Å². The summed E-state index contributed by atoms with van der Waals surface area (Å²) in [5.41, 5.74) is 0. The van der Waals surface area contributed by atoms with Crippen molar-refractivity contribution in [2.75, 3.05) is 0 Å². The molecule has 0 saturated carbocycles. The molecule has 0 spiro atoms. The predicted octanol–water partition coefficient (Wildman–Crippen LogP) is 2.82. The molecule has 1 N–H and O–H groups in total. The molecular weight excluding hydrogens is 178 g/mol. The van der Waals surface area contributed by atoms with Crippen molar-refractivity contribution in [3.63, 3.8) is 0 Å². The lowest BCUT2D eigenvalue weighted by atomic mass is 9.91. The van der Waals surface area contributed by atoms with E-state index in [0.29, 0.717) is 12.3 Å². The van der Waals surface area contributed by atoms with Crippen molar-refractivity contribution < 1.29 is 9.90 Å². The first-order valence-corrected chi connectivity index (χ1v) is 5.21. The molecule has 0 fully saturated rings. The van der Waals surface area contributed by atoms with E-state index in [0.717, 1.165) is 19.3 Å². The molecule has 14 heavy (non-hydrogen) atoms. The Balaban J connectivity index is 3.81. The molecule has 3 heteroatoms. The summed E-state index contributed by atoms with van der Waals surface area (Å²) < 4.78 is 0. The summed E-state index contributed by atoms with van der Waals surface area (Å²) in [7, 11) is 0. The SMILES string of the molecule is CCCC[C@@H](C)C[C@H](C#N)CC(=O)O. The Morgan fingerprint density at radius 1 is 1.57 bits per heavy atom. The first kappa shape index (κ1) is 13.0. The molecular formula is C11H19NO2. The number of rotatable bonds is 7. The van der Waals surface area contributed by atoms with E-state index in [2.05, 4.69) is 19.9 Å². The zero-order valence-electron chi connectivity index (χ0n) is 8.99. The lowest BCUT2D eigenvalue weighted by Gasteiger charge is -2.13. The average Bonchev–Trinajstić information content (AvgIpc) is 2.12. The van der Waals surface area contributed by atoms with Crippen molar-refractivity contribution in [1.29, 1.82) is 5.26 Å². The van der Waals surface area contributed by atoms with Gasteiger partial charge in [0.05, 0.1) is 18.4 Å². The molecule has 3 nitrogen and oxygen atoms in total. The molecule has 0 aromatic carbocycles. The highest BCUT2D eigenvalue weighted by Crippen LogP contribution is 2.19. The Labute approximate surface area is 85.7 Å². The van der Waals surface area contributed by atoms with Crippen LogP contribution >= 0.6 is 0 Å². The van der Waals surface area contributed by atoms with Crippen LogP contribution in [0.3, 0.4) is 0 Å². The van der Waals surface area contributed by atoms with Crippen molar-refractivity contribution in [1.82, 2.24) is 0 Å². The molecule has 0 saturated heterocycles. The molecule has 80 valence electrons. The summed E-state index contributed by atoms with van der Waals surface area (Å²) in [6.45, 7) is 4.22. The van der Waals surface area contributed by atoms with Gasteiger partial charge in [0.25, 0.3) is 0 Å². The highest BCUT2D eigenvalue weighted by molar-refractivity contribution is 5.67. The van der Waals surface area contributed by atoms with E-state index in [-0.39, 0.29) is 12.3 Å². The van der Waals surface area contributed by atoms with Gasteiger partial charge >= 0.3 is 5.97 Å². The number of unbranched alkanes of at least 4 members (excludes halogenated alkanes) is 1. The Morgan fingerprint density at radius 2 is 2.21 bits per heavy atom. The number of hydrogen-bond donors (Lipinski definition) is 1.